The molecule has 2 heterocycles. The van der Waals surface area contributed by atoms with Crippen molar-refractivity contribution in [1.82, 2.24) is 14.7 Å². The molecule has 0 saturated carbocycles. The quantitative estimate of drug-likeness (QED) is 0.294. The molecule has 43 heavy (non-hydrogen) atoms. The largest absolute Gasteiger partial charge is 0.497 e. The smallest absolute Gasteiger partial charge is 0.395 e. The SMILES string of the molecule is COC(=O)C[C@H]1C2=CCCC(F)=C2N=C(N2CCN(C3=CCC=CC(OC)=C3)CC2)N1C1=CC(C(F)(F)F)CC=C1OC. The van der Waals surface area contributed by atoms with Crippen LogP contribution in [-0.2, 0) is 19.0 Å². The van der Waals surface area contributed by atoms with Crippen LogP contribution in [0.1, 0.15) is 32.1 Å². The van der Waals surface area contributed by atoms with Crippen LogP contribution in [0.3, 0.4) is 0 Å². The van der Waals surface area contributed by atoms with Crippen molar-refractivity contribution in [2.75, 3.05) is 47.5 Å². The lowest BCUT2D eigenvalue weighted by molar-refractivity contribution is -0.161. The Morgan fingerprint density at radius 1 is 1.05 bits per heavy atom. The van der Waals surface area contributed by atoms with E-state index in [2.05, 4.69) is 11.0 Å². The summed E-state index contributed by atoms with van der Waals surface area (Å²) in [5.41, 5.74) is 1.73. The number of rotatable bonds is 6. The number of hydrogen-bond donors (Lipinski definition) is 0. The molecule has 12 heteroatoms. The fourth-order valence-corrected chi connectivity index (χ4v) is 5.95. The van der Waals surface area contributed by atoms with Gasteiger partial charge in [0.1, 0.15) is 23.0 Å². The minimum Gasteiger partial charge on any atom is -0.497 e. The highest BCUT2D eigenvalue weighted by Gasteiger charge is 2.45. The molecule has 3 aliphatic carbocycles. The van der Waals surface area contributed by atoms with Crippen LogP contribution in [0.25, 0.3) is 0 Å². The second kappa shape index (κ2) is 12.7. The zero-order valence-electron chi connectivity index (χ0n) is 24.5. The van der Waals surface area contributed by atoms with Crippen molar-refractivity contribution in [2.24, 2.45) is 10.9 Å². The Morgan fingerprint density at radius 3 is 2.47 bits per heavy atom. The van der Waals surface area contributed by atoms with Crippen LogP contribution in [0.5, 0.6) is 0 Å². The van der Waals surface area contributed by atoms with Crippen LogP contribution in [0, 0.1) is 5.92 Å². The number of aliphatic imine (C=N–C) groups is 1. The molecule has 0 bridgehead atoms. The van der Waals surface area contributed by atoms with E-state index in [9.17, 15) is 18.0 Å². The van der Waals surface area contributed by atoms with Gasteiger partial charge < -0.3 is 28.9 Å². The predicted octanol–water partition coefficient (Wildman–Crippen LogP) is 5.48. The minimum absolute atomic E-state index is 0.130. The van der Waals surface area contributed by atoms with Gasteiger partial charge in [-0.05, 0) is 37.5 Å². The van der Waals surface area contributed by atoms with Crippen molar-refractivity contribution in [3.63, 3.8) is 0 Å². The summed E-state index contributed by atoms with van der Waals surface area (Å²) in [5, 5.41) is 0. The van der Waals surface area contributed by atoms with E-state index in [4.69, 9.17) is 19.2 Å². The van der Waals surface area contributed by atoms with Gasteiger partial charge in [-0.2, -0.15) is 13.2 Å². The summed E-state index contributed by atoms with van der Waals surface area (Å²) in [4.78, 5) is 23.2. The van der Waals surface area contributed by atoms with Gasteiger partial charge in [-0.15, -0.1) is 0 Å². The third-order valence-corrected chi connectivity index (χ3v) is 8.21. The lowest BCUT2D eigenvalue weighted by Crippen LogP contribution is -2.57. The maximum absolute atomic E-state index is 15.3. The van der Waals surface area contributed by atoms with Crippen molar-refractivity contribution < 1.29 is 36.6 Å². The van der Waals surface area contributed by atoms with Gasteiger partial charge in [0.2, 0.25) is 5.96 Å². The van der Waals surface area contributed by atoms with Crippen LogP contribution >= 0.6 is 0 Å². The number of allylic oxidation sites excluding steroid dienone is 8. The van der Waals surface area contributed by atoms with Gasteiger partial charge in [-0.3, -0.25) is 4.79 Å². The Bertz CT molecular complexity index is 1360. The van der Waals surface area contributed by atoms with E-state index in [1.807, 2.05) is 29.2 Å². The van der Waals surface area contributed by atoms with E-state index in [1.165, 1.54) is 20.3 Å². The maximum Gasteiger partial charge on any atom is 0.395 e. The summed E-state index contributed by atoms with van der Waals surface area (Å²) in [5.74, 6) is -1.50. The molecule has 0 aromatic rings. The molecule has 232 valence electrons. The van der Waals surface area contributed by atoms with Gasteiger partial charge in [0.25, 0.3) is 0 Å². The lowest BCUT2D eigenvalue weighted by atomic mass is 9.89. The summed E-state index contributed by atoms with van der Waals surface area (Å²) in [6.07, 6.45) is 8.66. The topological polar surface area (TPSA) is 66.8 Å². The van der Waals surface area contributed by atoms with Crippen molar-refractivity contribution in [1.29, 1.82) is 0 Å². The number of piperazine rings is 1. The van der Waals surface area contributed by atoms with Crippen LogP contribution in [0.2, 0.25) is 0 Å². The molecule has 8 nitrogen and oxygen atoms in total. The molecule has 1 saturated heterocycles. The number of halogens is 4. The van der Waals surface area contributed by atoms with Crippen LogP contribution in [0.4, 0.5) is 17.6 Å². The van der Waals surface area contributed by atoms with Crippen LogP contribution in [-0.4, -0.2) is 86.4 Å². The first-order valence-electron chi connectivity index (χ1n) is 14.3. The average molecular weight is 605 g/mol. The number of fused-ring (bicyclic) bond motifs is 1. The maximum atomic E-state index is 15.3. The van der Waals surface area contributed by atoms with Crippen LogP contribution < -0.4 is 0 Å². The lowest BCUT2D eigenvalue weighted by Gasteiger charge is -2.47. The molecule has 1 unspecified atom stereocenters. The molecule has 0 aromatic heterocycles. The Labute approximate surface area is 248 Å². The number of methoxy groups -OCH3 is 3. The third kappa shape index (κ3) is 6.37. The second-order valence-corrected chi connectivity index (χ2v) is 10.7. The molecule has 0 spiro atoms. The highest BCUT2D eigenvalue weighted by atomic mass is 19.4. The molecule has 2 atom stereocenters. The first kappa shape index (κ1) is 30.5. The number of ether oxygens (including phenoxy) is 3. The first-order valence-corrected chi connectivity index (χ1v) is 14.3. The molecular formula is C31H36F4N4O4. The Hall–Kier alpha value is -3.96. The molecule has 5 rings (SSSR count). The van der Waals surface area contributed by atoms with E-state index in [1.54, 1.807) is 12.0 Å². The van der Waals surface area contributed by atoms with Crippen molar-refractivity contribution in [3.8, 4) is 0 Å². The van der Waals surface area contributed by atoms with Gasteiger partial charge in [-0.1, -0.05) is 18.2 Å². The number of nitrogens with zero attached hydrogens (tertiary/aromatic N) is 4. The number of alkyl halides is 3. The van der Waals surface area contributed by atoms with E-state index in [-0.39, 0.29) is 42.4 Å². The normalized spacial score (nSPS) is 24.6. The molecule has 1 fully saturated rings. The molecule has 0 radical (unpaired) electrons. The Kier molecular flexibility index (Phi) is 9.03. The molecular weight excluding hydrogens is 568 g/mol. The molecule has 0 amide bonds. The van der Waals surface area contributed by atoms with Crippen molar-refractivity contribution >= 4 is 11.9 Å². The van der Waals surface area contributed by atoms with Gasteiger partial charge in [0.05, 0.1) is 45.4 Å². The fraction of sp³-hybridized carbons (Fsp3) is 0.484. The van der Waals surface area contributed by atoms with Crippen molar-refractivity contribution in [3.05, 3.63) is 82.5 Å². The monoisotopic (exact) mass is 604 g/mol. The molecule has 2 aliphatic heterocycles. The number of esters is 1. The molecule has 0 N–H and O–H groups in total. The summed E-state index contributed by atoms with van der Waals surface area (Å²) < 4.78 is 73.3. The van der Waals surface area contributed by atoms with Gasteiger partial charge >= 0.3 is 12.1 Å². The zero-order chi connectivity index (χ0) is 30.7. The molecule has 5 aliphatic rings. The average Bonchev–Trinajstić information content (AvgIpc) is 3.26. The van der Waals surface area contributed by atoms with Gasteiger partial charge in [0.15, 0.2) is 0 Å². The predicted molar refractivity (Wildman–Crippen MR) is 153 cm³/mol. The minimum atomic E-state index is -4.49. The highest BCUT2D eigenvalue weighted by molar-refractivity contribution is 5.88. The fourth-order valence-electron chi connectivity index (χ4n) is 5.95. The van der Waals surface area contributed by atoms with E-state index in [0.717, 1.165) is 24.0 Å². The Balaban J connectivity index is 1.56. The Morgan fingerprint density at radius 2 is 1.79 bits per heavy atom. The van der Waals surface area contributed by atoms with Gasteiger partial charge in [0, 0.05) is 49.9 Å². The number of hydrogen-bond acceptors (Lipinski definition) is 8. The summed E-state index contributed by atoms with van der Waals surface area (Å²) >= 11 is 0. The third-order valence-electron chi connectivity index (χ3n) is 8.21. The van der Waals surface area contributed by atoms with Crippen LogP contribution in [0.15, 0.2) is 87.5 Å². The number of guanidine groups is 1. The van der Waals surface area contributed by atoms with E-state index in [0.29, 0.717) is 38.2 Å². The van der Waals surface area contributed by atoms with E-state index < -0.39 is 29.9 Å². The van der Waals surface area contributed by atoms with E-state index >= 15 is 4.39 Å². The highest BCUT2D eigenvalue weighted by Crippen LogP contribution is 2.43. The summed E-state index contributed by atoms with van der Waals surface area (Å²) in [7, 11) is 4.26. The van der Waals surface area contributed by atoms with Crippen molar-refractivity contribution in [2.45, 2.75) is 44.3 Å². The number of carbonyl (C=O) groups is 1. The standard InChI is InChI=1S/C31H36F4N4O4/c1-41-22-8-5-4-7-21(18-22)37-13-15-38(16-14-37)30-36-29-23(9-6-10-24(29)32)25(19-28(40)43-3)39(30)26-17-20(31(33,34)35)11-12-27(26)42-2/h5,7-9,12,17-18,20,25H,4,6,10-11,13-16,19H2,1-3H3/t20?,25-/m0/s1. The first-order chi connectivity index (χ1) is 20.6. The summed E-state index contributed by atoms with van der Waals surface area (Å²) in [6, 6.07) is -0.848. The second-order valence-electron chi connectivity index (χ2n) is 10.7. The number of carbonyl (C=O) groups excluding carboxylic acids is 1. The summed E-state index contributed by atoms with van der Waals surface area (Å²) in [6.45, 7) is 2.07. The zero-order valence-corrected chi connectivity index (χ0v) is 24.5. The molecule has 0 aromatic carbocycles. The van der Waals surface area contributed by atoms with Gasteiger partial charge in [-0.25, -0.2) is 9.38 Å².